The van der Waals surface area contributed by atoms with Gasteiger partial charge in [0, 0.05) is 21.3 Å². The van der Waals surface area contributed by atoms with Crippen molar-refractivity contribution in [2.45, 2.75) is 62.1 Å². The van der Waals surface area contributed by atoms with Crippen LogP contribution in [0.3, 0.4) is 0 Å². The van der Waals surface area contributed by atoms with Gasteiger partial charge in [0.05, 0.1) is 5.60 Å². The fourth-order valence-corrected chi connectivity index (χ4v) is 5.22. The van der Waals surface area contributed by atoms with E-state index in [1.807, 2.05) is 19.9 Å². The fourth-order valence-electron chi connectivity index (χ4n) is 2.97. The molecule has 0 aromatic rings. The normalized spacial score (nSPS) is 44.9. The summed E-state index contributed by atoms with van der Waals surface area (Å²) in [6.45, 7) is 4.03. The molecule has 3 heteroatoms. The molecule has 0 aromatic heterocycles. The zero-order valence-corrected chi connectivity index (χ0v) is 10.3. The van der Waals surface area contributed by atoms with Gasteiger partial charge in [0.1, 0.15) is 0 Å². The highest BCUT2D eigenvalue weighted by Crippen LogP contribution is 2.40. The second kappa shape index (κ2) is 4.02. The van der Waals surface area contributed by atoms with Crippen molar-refractivity contribution < 1.29 is 9.32 Å². The van der Waals surface area contributed by atoms with Crippen molar-refractivity contribution in [2.24, 2.45) is 0 Å². The summed E-state index contributed by atoms with van der Waals surface area (Å²) in [7, 11) is -0.687. The smallest absolute Gasteiger partial charge is 0.0853 e. The third kappa shape index (κ3) is 2.34. The van der Waals surface area contributed by atoms with Gasteiger partial charge in [-0.05, 0) is 39.5 Å². The maximum atomic E-state index is 12.0. The van der Waals surface area contributed by atoms with Crippen LogP contribution in [0.2, 0.25) is 0 Å². The molecule has 0 saturated carbocycles. The monoisotopic (exact) mass is 228 g/mol. The van der Waals surface area contributed by atoms with Gasteiger partial charge < -0.3 is 5.11 Å². The van der Waals surface area contributed by atoms with Crippen molar-refractivity contribution in [2.75, 3.05) is 0 Å². The van der Waals surface area contributed by atoms with E-state index in [2.05, 4.69) is 0 Å². The van der Waals surface area contributed by atoms with Gasteiger partial charge in [0.25, 0.3) is 0 Å². The first-order valence-electron chi connectivity index (χ1n) is 5.78. The summed E-state index contributed by atoms with van der Waals surface area (Å²) in [5.74, 6) is 0. The molecule has 2 unspecified atom stereocenters. The largest absolute Gasteiger partial charge is 0.386 e. The number of aliphatic hydroxyl groups is 1. The van der Waals surface area contributed by atoms with E-state index in [9.17, 15) is 9.32 Å². The molecule has 1 N–H and O–H groups in total. The Hall–Kier alpha value is -0.150. The Kier molecular flexibility index (Phi) is 3.04. The van der Waals surface area contributed by atoms with Crippen LogP contribution in [0.5, 0.6) is 0 Å². The van der Waals surface area contributed by atoms with Gasteiger partial charge >= 0.3 is 0 Å². The predicted molar refractivity (Wildman–Crippen MR) is 63.2 cm³/mol. The molecule has 2 heterocycles. The minimum absolute atomic E-state index is 0.234. The van der Waals surface area contributed by atoms with E-state index in [-0.39, 0.29) is 10.5 Å². The Labute approximate surface area is 94.2 Å². The Morgan fingerprint density at radius 2 is 1.87 bits per heavy atom. The van der Waals surface area contributed by atoms with Crippen molar-refractivity contribution >= 4 is 10.8 Å². The number of allylic oxidation sites excluding steroid dienone is 1. The highest BCUT2D eigenvalue weighted by atomic mass is 32.2. The molecule has 0 spiro atoms. The summed E-state index contributed by atoms with van der Waals surface area (Å²) in [6.07, 6.45) is 6.60. The first kappa shape index (κ1) is 11.3. The molecule has 2 atom stereocenters. The molecule has 0 aliphatic carbocycles. The number of rotatable bonds is 1. The van der Waals surface area contributed by atoms with Crippen molar-refractivity contribution in [3.05, 3.63) is 11.6 Å². The molecule has 0 radical (unpaired) electrons. The summed E-state index contributed by atoms with van der Waals surface area (Å²) in [4.78, 5) is 0. The maximum Gasteiger partial charge on any atom is 0.0853 e. The number of fused-ring (bicyclic) bond motifs is 2. The molecule has 2 aliphatic rings. The van der Waals surface area contributed by atoms with Crippen LogP contribution in [-0.4, -0.2) is 25.4 Å². The second-order valence-corrected chi connectivity index (χ2v) is 7.23. The molecular formula is C12H20O2S. The van der Waals surface area contributed by atoms with Crippen LogP contribution in [0, 0.1) is 0 Å². The van der Waals surface area contributed by atoms with Crippen LogP contribution in [0.15, 0.2) is 11.6 Å². The van der Waals surface area contributed by atoms with E-state index in [4.69, 9.17) is 0 Å². The zero-order valence-electron chi connectivity index (χ0n) is 9.53. The van der Waals surface area contributed by atoms with E-state index in [1.54, 1.807) is 0 Å². The molecule has 0 amide bonds. The van der Waals surface area contributed by atoms with Gasteiger partial charge in [0.2, 0.25) is 0 Å². The molecule has 2 aliphatic heterocycles. The van der Waals surface area contributed by atoms with Crippen LogP contribution in [0.4, 0.5) is 0 Å². The topological polar surface area (TPSA) is 37.3 Å². The van der Waals surface area contributed by atoms with Crippen molar-refractivity contribution in [1.82, 2.24) is 0 Å². The zero-order chi connectivity index (χ0) is 11.1. The van der Waals surface area contributed by atoms with E-state index < -0.39 is 16.4 Å². The summed E-state index contributed by atoms with van der Waals surface area (Å²) >= 11 is 0. The molecule has 2 bridgehead atoms. The molecular weight excluding hydrogens is 208 g/mol. The second-order valence-electron chi connectivity index (χ2n) is 5.24. The van der Waals surface area contributed by atoms with Crippen LogP contribution >= 0.6 is 0 Å². The average molecular weight is 228 g/mol. The van der Waals surface area contributed by atoms with Crippen LogP contribution < -0.4 is 0 Å². The highest BCUT2D eigenvalue weighted by Gasteiger charge is 2.44. The van der Waals surface area contributed by atoms with Gasteiger partial charge in [0.15, 0.2) is 0 Å². The summed E-state index contributed by atoms with van der Waals surface area (Å²) in [5.41, 5.74) is 0.478. The van der Waals surface area contributed by atoms with Gasteiger partial charge in [-0.25, -0.2) is 0 Å². The lowest BCUT2D eigenvalue weighted by Gasteiger charge is -2.42. The van der Waals surface area contributed by atoms with Crippen LogP contribution in [-0.2, 0) is 10.8 Å². The van der Waals surface area contributed by atoms with Crippen molar-refractivity contribution in [1.29, 1.82) is 0 Å². The predicted octanol–water partition coefficient (Wildman–Crippen LogP) is 2.15. The Morgan fingerprint density at radius 3 is 2.33 bits per heavy atom. The van der Waals surface area contributed by atoms with E-state index in [1.165, 1.54) is 6.42 Å². The average Bonchev–Trinajstić information content (AvgIpc) is 2.06. The van der Waals surface area contributed by atoms with Crippen LogP contribution in [0.25, 0.3) is 0 Å². The van der Waals surface area contributed by atoms with Gasteiger partial charge in [-0.2, -0.15) is 0 Å². The first-order chi connectivity index (χ1) is 7.00. The molecule has 0 aromatic carbocycles. The lowest BCUT2D eigenvalue weighted by atomic mass is 9.84. The SMILES string of the molecule is CC(C)=CC1(O)CC2CCCC(C1)S2=O. The van der Waals surface area contributed by atoms with Crippen molar-refractivity contribution in [3.63, 3.8) is 0 Å². The molecule has 15 heavy (non-hydrogen) atoms. The lowest BCUT2D eigenvalue weighted by molar-refractivity contribution is 0.0577. The summed E-state index contributed by atoms with van der Waals surface area (Å²) < 4.78 is 12.0. The lowest BCUT2D eigenvalue weighted by Crippen LogP contribution is -2.48. The number of hydrogen-bond donors (Lipinski definition) is 1. The standard InChI is InChI=1S/C12H20O2S/c1-9(2)6-12(13)7-10-4-3-5-11(8-12)15(10)14/h6,10-11,13H,3-5,7-8H2,1-2H3. The minimum atomic E-state index is -0.687. The maximum absolute atomic E-state index is 12.0. The summed E-state index contributed by atoms with van der Waals surface area (Å²) in [6, 6.07) is 0. The van der Waals surface area contributed by atoms with Gasteiger partial charge in [-0.15, -0.1) is 0 Å². The van der Waals surface area contributed by atoms with E-state index >= 15 is 0 Å². The quantitative estimate of drug-likeness (QED) is 0.698. The summed E-state index contributed by atoms with van der Waals surface area (Å²) in [5, 5.41) is 10.9. The molecule has 2 fully saturated rings. The molecule has 2 saturated heterocycles. The van der Waals surface area contributed by atoms with Gasteiger partial charge in [-0.1, -0.05) is 18.1 Å². The third-order valence-corrected chi connectivity index (χ3v) is 5.55. The molecule has 86 valence electrons. The Balaban J connectivity index is 2.20. The molecule has 2 nitrogen and oxygen atoms in total. The van der Waals surface area contributed by atoms with Gasteiger partial charge in [-0.3, -0.25) is 4.21 Å². The van der Waals surface area contributed by atoms with Crippen LogP contribution in [0.1, 0.15) is 46.0 Å². The number of hydrogen-bond acceptors (Lipinski definition) is 2. The van der Waals surface area contributed by atoms with E-state index in [0.29, 0.717) is 12.8 Å². The van der Waals surface area contributed by atoms with E-state index in [0.717, 1.165) is 18.4 Å². The Morgan fingerprint density at radius 1 is 1.33 bits per heavy atom. The molecule has 2 rings (SSSR count). The van der Waals surface area contributed by atoms with Crippen molar-refractivity contribution in [3.8, 4) is 0 Å². The third-order valence-electron chi connectivity index (χ3n) is 3.43. The minimum Gasteiger partial charge on any atom is -0.386 e. The first-order valence-corrected chi connectivity index (χ1v) is 7.06. The fraction of sp³-hybridized carbons (Fsp3) is 0.833. The highest BCUT2D eigenvalue weighted by molar-refractivity contribution is 7.86. The Bertz CT molecular complexity index is 289.